The second-order valence-electron chi connectivity index (χ2n) is 3.10. The van der Waals surface area contributed by atoms with E-state index in [0.717, 1.165) is 12.2 Å². The number of aliphatic carboxylic acids is 2. The molecule has 0 atom stereocenters. The summed E-state index contributed by atoms with van der Waals surface area (Å²) >= 11 is 0. The molecular weight excluding hydrogens is 270 g/mol. The van der Waals surface area contributed by atoms with Gasteiger partial charge in [0.05, 0.1) is 19.8 Å². The van der Waals surface area contributed by atoms with Crippen LogP contribution in [-0.4, -0.2) is 81.8 Å². The third-order valence-corrected chi connectivity index (χ3v) is 1.60. The number of carbonyl (C=O) groups is 2. The van der Waals surface area contributed by atoms with Crippen molar-refractivity contribution in [2.45, 2.75) is 0 Å². The Hall–Kier alpha value is -1.74. The Morgan fingerprint density at radius 3 is 1.10 bits per heavy atom. The van der Waals surface area contributed by atoms with Gasteiger partial charge < -0.3 is 25.5 Å². The lowest BCUT2D eigenvalue weighted by molar-refractivity contribution is -0.132. The number of rotatable bonds is 8. The summed E-state index contributed by atoms with van der Waals surface area (Å²) in [6.45, 7) is 7.67. The van der Waals surface area contributed by atoms with Gasteiger partial charge in [0.25, 0.3) is 0 Å². The largest absolute Gasteiger partial charge is 0.478 e. The van der Waals surface area contributed by atoms with Crippen LogP contribution in [0.1, 0.15) is 0 Å². The number of nitrogens with zero attached hydrogens (tertiary/aromatic N) is 1. The molecule has 20 heavy (non-hydrogen) atoms. The lowest BCUT2D eigenvalue weighted by Gasteiger charge is -2.17. The van der Waals surface area contributed by atoms with Gasteiger partial charge in [-0.05, 0) is 0 Å². The van der Waals surface area contributed by atoms with Crippen molar-refractivity contribution in [2.75, 3.05) is 39.5 Å². The Balaban J connectivity index is -0.000000244. The van der Waals surface area contributed by atoms with Gasteiger partial charge in [-0.1, -0.05) is 13.2 Å². The molecule has 0 radical (unpaired) electrons. The number of hydrogen-bond acceptors (Lipinski definition) is 6. The van der Waals surface area contributed by atoms with Crippen LogP contribution in [-0.2, 0) is 9.59 Å². The molecular formula is C12H23NO7. The Bertz CT molecular complexity index is 236. The molecule has 0 saturated carbocycles. The van der Waals surface area contributed by atoms with E-state index in [1.807, 2.05) is 0 Å². The minimum absolute atomic E-state index is 0.0694. The van der Waals surface area contributed by atoms with Crippen LogP contribution < -0.4 is 0 Å². The maximum absolute atomic E-state index is 9.25. The highest BCUT2D eigenvalue weighted by molar-refractivity contribution is 5.79. The molecule has 0 aromatic heterocycles. The van der Waals surface area contributed by atoms with Crippen molar-refractivity contribution in [3.05, 3.63) is 25.3 Å². The predicted molar refractivity (Wildman–Crippen MR) is 73.4 cm³/mol. The van der Waals surface area contributed by atoms with Gasteiger partial charge in [-0.3, -0.25) is 4.90 Å². The van der Waals surface area contributed by atoms with E-state index in [0.29, 0.717) is 19.6 Å². The second kappa shape index (κ2) is 19.6. The van der Waals surface area contributed by atoms with Crippen molar-refractivity contribution in [2.24, 2.45) is 0 Å². The summed E-state index contributed by atoms with van der Waals surface area (Å²) in [4.78, 5) is 20.3. The highest BCUT2D eigenvalue weighted by atomic mass is 16.4. The first kappa shape index (κ1) is 23.4. The van der Waals surface area contributed by atoms with E-state index in [1.54, 1.807) is 4.90 Å². The normalized spacial score (nSPS) is 8.60. The van der Waals surface area contributed by atoms with Crippen molar-refractivity contribution in [1.29, 1.82) is 0 Å². The van der Waals surface area contributed by atoms with Crippen LogP contribution in [0.4, 0.5) is 0 Å². The summed E-state index contributed by atoms with van der Waals surface area (Å²) in [5.41, 5.74) is 0. The number of carboxylic acid groups (broad SMARTS) is 2. The number of carboxylic acids is 2. The predicted octanol–water partition coefficient (Wildman–Crippen LogP) is -1.22. The van der Waals surface area contributed by atoms with Gasteiger partial charge in [0, 0.05) is 31.8 Å². The van der Waals surface area contributed by atoms with Gasteiger partial charge in [-0.25, -0.2) is 9.59 Å². The van der Waals surface area contributed by atoms with E-state index in [2.05, 4.69) is 13.2 Å². The molecule has 0 aromatic rings. The first-order chi connectivity index (χ1) is 9.39. The summed E-state index contributed by atoms with van der Waals surface area (Å²) in [5, 5.41) is 40.7. The Morgan fingerprint density at radius 2 is 1.00 bits per heavy atom. The number of hydrogen-bond donors (Lipinski definition) is 5. The zero-order chi connectivity index (χ0) is 16.4. The summed E-state index contributed by atoms with van der Waals surface area (Å²) < 4.78 is 0. The third kappa shape index (κ3) is 29.9. The average molecular weight is 293 g/mol. The van der Waals surface area contributed by atoms with E-state index in [4.69, 9.17) is 25.5 Å². The fourth-order valence-electron chi connectivity index (χ4n) is 0.760. The Labute approximate surface area is 117 Å². The van der Waals surface area contributed by atoms with Gasteiger partial charge in [0.2, 0.25) is 0 Å². The molecule has 0 heterocycles. The van der Waals surface area contributed by atoms with Crippen molar-refractivity contribution in [3.8, 4) is 0 Å². The smallest absolute Gasteiger partial charge is 0.327 e. The first-order valence-corrected chi connectivity index (χ1v) is 5.65. The average Bonchev–Trinajstić information content (AvgIpc) is 2.41. The third-order valence-electron chi connectivity index (χ3n) is 1.60. The molecule has 0 bridgehead atoms. The molecule has 0 saturated heterocycles. The fraction of sp³-hybridized carbons (Fsp3) is 0.500. The highest BCUT2D eigenvalue weighted by Gasteiger charge is 2.00. The topological polar surface area (TPSA) is 139 Å². The van der Waals surface area contributed by atoms with Crippen molar-refractivity contribution in [3.63, 3.8) is 0 Å². The molecule has 0 spiro atoms. The van der Waals surface area contributed by atoms with E-state index in [-0.39, 0.29) is 19.8 Å². The minimum atomic E-state index is -0.981. The van der Waals surface area contributed by atoms with Gasteiger partial charge in [0.1, 0.15) is 0 Å². The Kier molecular flexibility index (Phi) is 22.9. The molecule has 0 aliphatic carbocycles. The molecule has 0 aliphatic rings. The fourth-order valence-corrected chi connectivity index (χ4v) is 0.760. The maximum atomic E-state index is 9.25. The van der Waals surface area contributed by atoms with E-state index in [1.165, 1.54) is 0 Å². The molecule has 0 amide bonds. The standard InChI is InChI=1S/C6H15NO3.2C3H4O2/c8-4-1-7(2-5-9)3-6-10;2*1-2-3(4)5/h8-10H,1-6H2;2*2H,1H2,(H,4,5). The van der Waals surface area contributed by atoms with Gasteiger partial charge in [0.15, 0.2) is 0 Å². The minimum Gasteiger partial charge on any atom is -0.478 e. The second-order valence-corrected chi connectivity index (χ2v) is 3.10. The number of aliphatic hydroxyl groups excluding tert-OH is 3. The zero-order valence-electron chi connectivity index (χ0n) is 11.3. The zero-order valence-corrected chi connectivity index (χ0v) is 11.3. The molecule has 0 rings (SSSR count). The van der Waals surface area contributed by atoms with Gasteiger partial charge in [-0.15, -0.1) is 0 Å². The molecule has 0 unspecified atom stereocenters. The van der Waals surface area contributed by atoms with E-state index < -0.39 is 11.9 Å². The van der Waals surface area contributed by atoms with Gasteiger partial charge in [-0.2, -0.15) is 0 Å². The summed E-state index contributed by atoms with van der Waals surface area (Å²) in [6.07, 6.45) is 1.67. The van der Waals surface area contributed by atoms with E-state index in [9.17, 15) is 9.59 Å². The molecule has 118 valence electrons. The molecule has 0 aliphatic heterocycles. The molecule has 8 heteroatoms. The summed E-state index contributed by atoms with van der Waals surface area (Å²) in [5.74, 6) is -1.96. The lowest BCUT2D eigenvalue weighted by Crippen LogP contribution is -2.32. The highest BCUT2D eigenvalue weighted by Crippen LogP contribution is 1.84. The van der Waals surface area contributed by atoms with Crippen LogP contribution in [0, 0.1) is 0 Å². The Morgan fingerprint density at radius 1 is 0.800 bits per heavy atom. The summed E-state index contributed by atoms with van der Waals surface area (Å²) in [7, 11) is 0. The van der Waals surface area contributed by atoms with Crippen LogP contribution in [0.2, 0.25) is 0 Å². The first-order valence-electron chi connectivity index (χ1n) is 5.65. The molecule has 0 aromatic carbocycles. The van der Waals surface area contributed by atoms with Crippen LogP contribution in [0.3, 0.4) is 0 Å². The lowest BCUT2D eigenvalue weighted by atomic mass is 10.4. The van der Waals surface area contributed by atoms with E-state index >= 15 is 0 Å². The molecule has 5 N–H and O–H groups in total. The van der Waals surface area contributed by atoms with Crippen LogP contribution >= 0.6 is 0 Å². The molecule has 0 fully saturated rings. The van der Waals surface area contributed by atoms with Crippen molar-refractivity contribution in [1.82, 2.24) is 4.90 Å². The van der Waals surface area contributed by atoms with Gasteiger partial charge >= 0.3 is 11.9 Å². The van der Waals surface area contributed by atoms with Crippen LogP contribution in [0.15, 0.2) is 25.3 Å². The SMILES string of the molecule is C=CC(=O)O.C=CC(=O)O.OCCN(CCO)CCO. The van der Waals surface area contributed by atoms with Crippen LogP contribution in [0.5, 0.6) is 0 Å². The monoisotopic (exact) mass is 293 g/mol. The van der Waals surface area contributed by atoms with Crippen molar-refractivity contribution >= 4 is 11.9 Å². The molecule has 8 nitrogen and oxygen atoms in total. The quantitative estimate of drug-likeness (QED) is 0.351. The van der Waals surface area contributed by atoms with Crippen LogP contribution in [0.25, 0.3) is 0 Å². The maximum Gasteiger partial charge on any atom is 0.327 e. The van der Waals surface area contributed by atoms with Crippen molar-refractivity contribution < 1.29 is 35.1 Å². The number of aliphatic hydroxyl groups is 3. The summed E-state index contributed by atoms with van der Waals surface area (Å²) in [6, 6.07) is 0.